The number of fused-ring (bicyclic) bond motifs is 1. The van der Waals surface area contributed by atoms with Crippen LogP contribution < -0.4 is 16.2 Å². The summed E-state index contributed by atoms with van der Waals surface area (Å²) in [5.74, 6) is 0.582. The summed E-state index contributed by atoms with van der Waals surface area (Å²) >= 11 is 6.38. The molecule has 1 aromatic carbocycles. The van der Waals surface area contributed by atoms with Crippen LogP contribution in [0.2, 0.25) is 5.02 Å². The molecule has 32 heavy (non-hydrogen) atoms. The van der Waals surface area contributed by atoms with Crippen LogP contribution in [-0.4, -0.2) is 39.5 Å². The smallest absolute Gasteiger partial charge is 0.272 e. The lowest BCUT2D eigenvalue weighted by Gasteiger charge is -2.30. The van der Waals surface area contributed by atoms with E-state index >= 15 is 0 Å². The van der Waals surface area contributed by atoms with Crippen molar-refractivity contribution in [1.82, 2.24) is 14.5 Å². The number of halogens is 1. The molecule has 7 nitrogen and oxygen atoms in total. The van der Waals surface area contributed by atoms with Gasteiger partial charge in [-0.2, -0.15) is 0 Å². The van der Waals surface area contributed by atoms with Gasteiger partial charge in [0.05, 0.1) is 16.2 Å². The molecular weight excluding hydrogens is 426 g/mol. The zero-order chi connectivity index (χ0) is 22.4. The molecule has 2 aliphatic rings. The van der Waals surface area contributed by atoms with E-state index in [0.29, 0.717) is 28.4 Å². The van der Waals surface area contributed by atoms with Crippen LogP contribution in [0, 0.1) is 5.92 Å². The Morgan fingerprint density at radius 2 is 1.97 bits per heavy atom. The molecule has 0 radical (unpaired) electrons. The monoisotopic (exact) mass is 451 g/mol. The van der Waals surface area contributed by atoms with Crippen molar-refractivity contribution in [2.24, 2.45) is 13.0 Å². The number of nitrogens with one attached hydrogen (secondary N) is 2. The summed E-state index contributed by atoms with van der Waals surface area (Å²) in [4.78, 5) is 31.0. The van der Waals surface area contributed by atoms with Crippen LogP contribution in [-0.2, 0) is 7.05 Å². The Bertz CT molecular complexity index is 1260. The van der Waals surface area contributed by atoms with E-state index in [1.165, 1.54) is 19.0 Å². The van der Waals surface area contributed by atoms with Crippen LogP contribution in [0.25, 0.3) is 10.9 Å². The first-order valence-corrected chi connectivity index (χ1v) is 11.4. The minimum atomic E-state index is -0.0787. The molecule has 1 aliphatic heterocycles. The maximum atomic E-state index is 12.5. The first-order valence-electron chi connectivity index (χ1n) is 11.0. The molecule has 1 saturated heterocycles. The SMILES string of the molecule is CC(Nc1cc(=O)n(C)c2ccc(Nc3cc(C(=O)N4CCC4)ncc3Cl)cc12)C1CC1. The first-order chi connectivity index (χ1) is 15.4. The normalized spacial score (nSPS) is 16.5. The number of hydrogen-bond acceptors (Lipinski definition) is 5. The predicted octanol–water partition coefficient (Wildman–Crippen LogP) is 4.39. The van der Waals surface area contributed by atoms with Gasteiger partial charge >= 0.3 is 0 Å². The number of pyridine rings is 2. The molecule has 1 unspecified atom stereocenters. The van der Waals surface area contributed by atoms with E-state index in [-0.39, 0.29) is 11.5 Å². The minimum Gasteiger partial charge on any atom is -0.382 e. The second-order valence-corrected chi connectivity index (χ2v) is 9.18. The molecule has 0 spiro atoms. The van der Waals surface area contributed by atoms with Crippen molar-refractivity contribution in [2.75, 3.05) is 23.7 Å². The van der Waals surface area contributed by atoms with E-state index in [4.69, 9.17) is 11.6 Å². The molecule has 0 bridgehead atoms. The third-order valence-corrected chi connectivity index (χ3v) is 6.76. The molecular formula is C24H26ClN5O2. The lowest BCUT2D eigenvalue weighted by molar-refractivity contribution is 0.0646. The van der Waals surface area contributed by atoms with Gasteiger partial charge in [0.2, 0.25) is 0 Å². The molecule has 3 aromatic rings. The van der Waals surface area contributed by atoms with Gasteiger partial charge in [0.1, 0.15) is 5.69 Å². The van der Waals surface area contributed by atoms with Crippen molar-refractivity contribution in [2.45, 2.75) is 32.2 Å². The van der Waals surface area contributed by atoms with Gasteiger partial charge in [0, 0.05) is 55.2 Å². The second kappa shape index (κ2) is 8.13. The molecule has 2 N–H and O–H groups in total. The van der Waals surface area contributed by atoms with Crippen molar-refractivity contribution < 1.29 is 4.79 Å². The molecule has 2 fully saturated rings. The van der Waals surface area contributed by atoms with Gasteiger partial charge in [-0.25, -0.2) is 4.98 Å². The largest absolute Gasteiger partial charge is 0.382 e. The van der Waals surface area contributed by atoms with Gasteiger partial charge in [0.25, 0.3) is 11.5 Å². The third kappa shape index (κ3) is 3.93. The van der Waals surface area contributed by atoms with E-state index in [1.807, 2.05) is 18.2 Å². The fourth-order valence-electron chi connectivity index (χ4n) is 4.11. The van der Waals surface area contributed by atoms with Crippen LogP contribution in [0.5, 0.6) is 0 Å². The number of carbonyl (C=O) groups excluding carboxylic acids is 1. The van der Waals surface area contributed by atoms with Crippen LogP contribution >= 0.6 is 11.6 Å². The highest BCUT2D eigenvalue weighted by molar-refractivity contribution is 6.33. The number of nitrogens with zero attached hydrogens (tertiary/aromatic N) is 3. The van der Waals surface area contributed by atoms with Gasteiger partial charge < -0.3 is 20.1 Å². The van der Waals surface area contributed by atoms with Crippen molar-refractivity contribution in [3.8, 4) is 0 Å². The summed E-state index contributed by atoms with van der Waals surface area (Å²) in [6.45, 7) is 3.70. The number of aryl methyl sites for hydroxylation is 1. The highest BCUT2D eigenvalue weighted by atomic mass is 35.5. The molecule has 1 amide bonds. The number of carbonyl (C=O) groups is 1. The Hall–Kier alpha value is -3.06. The van der Waals surface area contributed by atoms with Gasteiger partial charge in [-0.3, -0.25) is 9.59 Å². The summed E-state index contributed by atoms with van der Waals surface area (Å²) in [5.41, 5.74) is 3.45. The number of anilines is 3. The van der Waals surface area contributed by atoms with Gasteiger partial charge in [0.15, 0.2) is 0 Å². The van der Waals surface area contributed by atoms with Crippen molar-refractivity contribution >= 4 is 45.5 Å². The quantitative estimate of drug-likeness (QED) is 0.581. The van der Waals surface area contributed by atoms with Gasteiger partial charge in [-0.1, -0.05) is 11.6 Å². The Kier molecular flexibility index (Phi) is 5.29. The first kappa shape index (κ1) is 20.8. The van der Waals surface area contributed by atoms with E-state index in [0.717, 1.165) is 41.8 Å². The number of likely N-dealkylation sites (tertiary alicyclic amines) is 1. The van der Waals surface area contributed by atoms with Crippen LogP contribution in [0.4, 0.5) is 17.1 Å². The van der Waals surface area contributed by atoms with Gasteiger partial charge in [-0.05, 0) is 56.4 Å². The Morgan fingerprint density at radius 3 is 2.66 bits per heavy atom. The molecule has 166 valence electrons. The zero-order valence-electron chi connectivity index (χ0n) is 18.2. The lowest BCUT2D eigenvalue weighted by Crippen LogP contribution is -2.42. The zero-order valence-corrected chi connectivity index (χ0v) is 18.9. The molecule has 3 heterocycles. The fourth-order valence-corrected chi connectivity index (χ4v) is 4.26. The molecule has 1 atom stereocenters. The maximum Gasteiger partial charge on any atom is 0.272 e. The highest BCUT2D eigenvalue weighted by Gasteiger charge is 2.28. The summed E-state index contributed by atoms with van der Waals surface area (Å²) in [6.07, 6.45) is 4.98. The topological polar surface area (TPSA) is 79.3 Å². The molecule has 1 saturated carbocycles. The maximum absolute atomic E-state index is 12.5. The average molecular weight is 452 g/mol. The number of aromatic nitrogens is 2. The standard InChI is InChI=1S/C24H26ClN5O2/c1-14(15-4-5-15)27-19-12-23(31)29(2)22-7-6-16(10-17(19)22)28-20-11-21(26-13-18(20)25)24(32)30-8-3-9-30/h6-7,10-15,27H,3-5,8-9H2,1-2H3,(H,26,28). The van der Waals surface area contributed by atoms with E-state index in [9.17, 15) is 9.59 Å². The van der Waals surface area contributed by atoms with E-state index in [2.05, 4.69) is 22.5 Å². The second-order valence-electron chi connectivity index (χ2n) is 8.78. The molecule has 5 rings (SSSR count). The van der Waals surface area contributed by atoms with Crippen molar-refractivity contribution in [1.29, 1.82) is 0 Å². The van der Waals surface area contributed by atoms with Crippen LogP contribution in [0.1, 0.15) is 36.7 Å². The summed E-state index contributed by atoms with van der Waals surface area (Å²) in [6, 6.07) is 9.50. The minimum absolute atomic E-state index is 0.0463. The Morgan fingerprint density at radius 1 is 1.19 bits per heavy atom. The van der Waals surface area contributed by atoms with Crippen molar-refractivity contribution in [3.63, 3.8) is 0 Å². The number of benzene rings is 1. The Balaban J connectivity index is 1.49. The average Bonchev–Trinajstić information content (AvgIpc) is 3.57. The van der Waals surface area contributed by atoms with E-state index in [1.54, 1.807) is 28.6 Å². The van der Waals surface area contributed by atoms with E-state index < -0.39 is 0 Å². The fraction of sp³-hybridized carbons (Fsp3) is 0.375. The highest BCUT2D eigenvalue weighted by Crippen LogP contribution is 2.35. The van der Waals surface area contributed by atoms with Crippen LogP contribution in [0.3, 0.4) is 0 Å². The lowest BCUT2D eigenvalue weighted by atomic mass is 10.1. The van der Waals surface area contributed by atoms with Crippen molar-refractivity contribution in [3.05, 3.63) is 57.6 Å². The number of amides is 1. The third-order valence-electron chi connectivity index (χ3n) is 6.46. The molecule has 2 aromatic heterocycles. The number of hydrogen-bond donors (Lipinski definition) is 2. The predicted molar refractivity (Wildman–Crippen MR) is 128 cm³/mol. The van der Waals surface area contributed by atoms with Crippen LogP contribution in [0.15, 0.2) is 41.3 Å². The summed E-state index contributed by atoms with van der Waals surface area (Å²) < 4.78 is 1.65. The van der Waals surface area contributed by atoms with Gasteiger partial charge in [-0.15, -0.1) is 0 Å². The molecule has 8 heteroatoms. The summed E-state index contributed by atoms with van der Waals surface area (Å²) in [5, 5.41) is 8.25. The Labute approximate surface area is 191 Å². The number of rotatable bonds is 6. The molecule has 1 aliphatic carbocycles. The summed E-state index contributed by atoms with van der Waals surface area (Å²) in [7, 11) is 1.78.